The summed E-state index contributed by atoms with van der Waals surface area (Å²) in [5.74, 6) is -0.0436. The maximum Gasteiger partial charge on any atom is 0.237 e. The van der Waals surface area contributed by atoms with Gasteiger partial charge in [-0.25, -0.2) is 0 Å². The van der Waals surface area contributed by atoms with Gasteiger partial charge in [-0.3, -0.25) is 4.79 Å². The molecule has 0 fully saturated rings. The standard InChI is InChI=1S/C15H24N2O/c1-4-7-14(16)15(18)17-12(3)10-13-9-6-5-8-11(13)2/h5-6,8-9,12,14H,4,7,10,16H2,1-3H3,(H,17,18)/t12?,14-/m0/s1. The van der Waals surface area contributed by atoms with E-state index in [1.807, 2.05) is 26.0 Å². The van der Waals surface area contributed by atoms with E-state index in [2.05, 4.69) is 24.4 Å². The molecule has 0 aliphatic heterocycles. The van der Waals surface area contributed by atoms with Crippen LogP contribution < -0.4 is 11.1 Å². The van der Waals surface area contributed by atoms with Crippen molar-refractivity contribution in [1.82, 2.24) is 5.32 Å². The number of aryl methyl sites for hydroxylation is 1. The van der Waals surface area contributed by atoms with Gasteiger partial charge >= 0.3 is 0 Å². The molecule has 0 bridgehead atoms. The van der Waals surface area contributed by atoms with Gasteiger partial charge in [-0.1, -0.05) is 37.6 Å². The largest absolute Gasteiger partial charge is 0.352 e. The van der Waals surface area contributed by atoms with Crippen molar-refractivity contribution in [2.45, 2.75) is 52.1 Å². The molecule has 3 heteroatoms. The van der Waals surface area contributed by atoms with Crippen molar-refractivity contribution < 1.29 is 4.79 Å². The first kappa shape index (κ1) is 14.7. The van der Waals surface area contributed by atoms with Crippen LogP contribution in [0.25, 0.3) is 0 Å². The van der Waals surface area contributed by atoms with E-state index in [-0.39, 0.29) is 18.0 Å². The molecule has 0 heterocycles. The van der Waals surface area contributed by atoms with E-state index in [9.17, 15) is 4.79 Å². The lowest BCUT2D eigenvalue weighted by Gasteiger charge is -2.18. The fourth-order valence-corrected chi connectivity index (χ4v) is 2.01. The number of rotatable bonds is 6. The average Bonchev–Trinajstić information content (AvgIpc) is 2.32. The molecular weight excluding hydrogens is 224 g/mol. The van der Waals surface area contributed by atoms with Gasteiger partial charge < -0.3 is 11.1 Å². The summed E-state index contributed by atoms with van der Waals surface area (Å²) in [5, 5.41) is 2.98. The zero-order chi connectivity index (χ0) is 13.5. The molecule has 0 spiro atoms. The van der Waals surface area contributed by atoms with Gasteiger partial charge in [0.1, 0.15) is 0 Å². The molecule has 1 aromatic rings. The number of nitrogens with two attached hydrogens (primary N) is 1. The van der Waals surface area contributed by atoms with Crippen LogP contribution in [0.3, 0.4) is 0 Å². The van der Waals surface area contributed by atoms with Gasteiger partial charge in [-0.05, 0) is 37.8 Å². The van der Waals surface area contributed by atoms with E-state index in [4.69, 9.17) is 5.73 Å². The quantitative estimate of drug-likeness (QED) is 0.810. The van der Waals surface area contributed by atoms with Crippen LogP contribution in [-0.4, -0.2) is 18.0 Å². The summed E-state index contributed by atoms with van der Waals surface area (Å²) in [5.41, 5.74) is 8.32. The fraction of sp³-hybridized carbons (Fsp3) is 0.533. The highest BCUT2D eigenvalue weighted by Gasteiger charge is 2.15. The number of hydrogen-bond donors (Lipinski definition) is 2. The topological polar surface area (TPSA) is 55.1 Å². The maximum absolute atomic E-state index is 11.8. The van der Waals surface area contributed by atoms with Crippen LogP contribution >= 0.6 is 0 Å². The molecule has 0 aliphatic carbocycles. The SMILES string of the molecule is CCC[C@H](N)C(=O)NC(C)Cc1ccccc1C. The van der Waals surface area contributed by atoms with E-state index in [1.165, 1.54) is 11.1 Å². The molecule has 0 saturated carbocycles. The zero-order valence-corrected chi connectivity index (χ0v) is 11.6. The lowest BCUT2D eigenvalue weighted by molar-refractivity contribution is -0.123. The lowest BCUT2D eigenvalue weighted by atomic mass is 10.0. The van der Waals surface area contributed by atoms with Gasteiger partial charge in [0.2, 0.25) is 5.91 Å². The summed E-state index contributed by atoms with van der Waals surface area (Å²) in [6.07, 6.45) is 2.51. The second-order valence-electron chi connectivity index (χ2n) is 4.94. The van der Waals surface area contributed by atoms with Gasteiger partial charge in [0, 0.05) is 6.04 Å². The zero-order valence-electron chi connectivity index (χ0n) is 11.6. The molecule has 3 nitrogen and oxygen atoms in total. The summed E-state index contributed by atoms with van der Waals surface area (Å²) in [7, 11) is 0. The minimum absolute atomic E-state index is 0.0436. The number of carbonyl (C=O) groups is 1. The Morgan fingerprint density at radius 1 is 1.39 bits per heavy atom. The summed E-state index contributed by atoms with van der Waals surface area (Å²) in [4.78, 5) is 11.8. The van der Waals surface area contributed by atoms with Crippen molar-refractivity contribution >= 4 is 5.91 Å². The fourth-order valence-electron chi connectivity index (χ4n) is 2.01. The van der Waals surface area contributed by atoms with Crippen molar-refractivity contribution in [3.63, 3.8) is 0 Å². The monoisotopic (exact) mass is 248 g/mol. The molecule has 2 atom stereocenters. The highest BCUT2D eigenvalue weighted by Crippen LogP contribution is 2.09. The first-order valence-electron chi connectivity index (χ1n) is 6.65. The molecule has 18 heavy (non-hydrogen) atoms. The predicted octanol–water partition coefficient (Wildman–Crippen LogP) is 2.17. The molecule has 100 valence electrons. The Bertz CT molecular complexity index is 390. The van der Waals surface area contributed by atoms with Crippen molar-refractivity contribution in [3.8, 4) is 0 Å². The Kier molecular flexibility index (Phi) is 5.86. The highest BCUT2D eigenvalue weighted by molar-refractivity contribution is 5.81. The van der Waals surface area contributed by atoms with Crippen LogP contribution in [0, 0.1) is 6.92 Å². The van der Waals surface area contributed by atoms with E-state index in [0.29, 0.717) is 0 Å². The van der Waals surface area contributed by atoms with Gasteiger partial charge in [0.15, 0.2) is 0 Å². The summed E-state index contributed by atoms with van der Waals surface area (Å²) >= 11 is 0. The van der Waals surface area contributed by atoms with Gasteiger partial charge in [-0.2, -0.15) is 0 Å². The molecule has 0 radical (unpaired) electrons. The number of nitrogens with one attached hydrogen (secondary N) is 1. The van der Waals surface area contributed by atoms with Crippen LogP contribution in [0.5, 0.6) is 0 Å². The van der Waals surface area contributed by atoms with Gasteiger partial charge in [0.05, 0.1) is 6.04 Å². The third kappa shape index (κ3) is 4.49. The molecule has 0 aromatic heterocycles. The van der Waals surface area contributed by atoms with Crippen molar-refractivity contribution in [2.75, 3.05) is 0 Å². The van der Waals surface area contributed by atoms with Gasteiger partial charge in [-0.15, -0.1) is 0 Å². The maximum atomic E-state index is 11.8. The predicted molar refractivity (Wildman–Crippen MR) is 75.4 cm³/mol. The molecule has 0 saturated heterocycles. The lowest BCUT2D eigenvalue weighted by Crippen LogP contribution is -2.45. The number of benzene rings is 1. The Hall–Kier alpha value is -1.35. The Balaban J connectivity index is 2.49. The molecule has 0 aliphatic rings. The molecule has 3 N–H and O–H groups in total. The van der Waals surface area contributed by atoms with E-state index >= 15 is 0 Å². The van der Waals surface area contributed by atoms with Crippen molar-refractivity contribution in [2.24, 2.45) is 5.73 Å². The Morgan fingerprint density at radius 2 is 2.06 bits per heavy atom. The summed E-state index contributed by atoms with van der Waals surface area (Å²) in [6.45, 7) is 6.14. The molecule has 1 amide bonds. The Morgan fingerprint density at radius 3 is 2.67 bits per heavy atom. The second-order valence-corrected chi connectivity index (χ2v) is 4.94. The van der Waals surface area contributed by atoms with Crippen LogP contribution in [0.2, 0.25) is 0 Å². The average molecular weight is 248 g/mol. The highest BCUT2D eigenvalue weighted by atomic mass is 16.2. The minimum atomic E-state index is -0.380. The van der Waals surface area contributed by atoms with Crippen molar-refractivity contribution in [3.05, 3.63) is 35.4 Å². The first-order valence-corrected chi connectivity index (χ1v) is 6.65. The van der Waals surface area contributed by atoms with Crippen LogP contribution in [0.15, 0.2) is 24.3 Å². The minimum Gasteiger partial charge on any atom is -0.352 e. The summed E-state index contributed by atoms with van der Waals surface area (Å²) < 4.78 is 0. The van der Waals surface area contributed by atoms with Crippen LogP contribution in [0.4, 0.5) is 0 Å². The van der Waals surface area contributed by atoms with E-state index in [1.54, 1.807) is 0 Å². The third-order valence-corrected chi connectivity index (χ3v) is 3.11. The number of amides is 1. The van der Waals surface area contributed by atoms with Gasteiger partial charge in [0.25, 0.3) is 0 Å². The van der Waals surface area contributed by atoms with Crippen LogP contribution in [-0.2, 0) is 11.2 Å². The molecular formula is C15H24N2O. The smallest absolute Gasteiger partial charge is 0.237 e. The normalized spacial score (nSPS) is 14.0. The van der Waals surface area contributed by atoms with Crippen molar-refractivity contribution in [1.29, 1.82) is 0 Å². The number of hydrogen-bond acceptors (Lipinski definition) is 2. The Labute approximate surface area is 110 Å². The van der Waals surface area contributed by atoms with Crippen LogP contribution in [0.1, 0.15) is 37.8 Å². The molecule has 1 unspecified atom stereocenters. The molecule has 1 rings (SSSR count). The summed E-state index contributed by atoms with van der Waals surface area (Å²) in [6, 6.07) is 7.98. The second kappa shape index (κ2) is 7.17. The first-order chi connectivity index (χ1) is 8.54. The van der Waals surface area contributed by atoms with E-state index < -0.39 is 0 Å². The molecule has 1 aromatic carbocycles. The number of carbonyl (C=O) groups excluding carboxylic acids is 1. The third-order valence-electron chi connectivity index (χ3n) is 3.11. The van der Waals surface area contributed by atoms with E-state index in [0.717, 1.165) is 19.3 Å².